The lowest BCUT2D eigenvalue weighted by molar-refractivity contribution is 0.549. The molecule has 14 heavy (non-hydrogen) atoms. The van der Waals surface area contributed by atoms with Crippen molar-refractivity contribution >= 4 is 28.1 Å². The van der Waals surface area contributed by atoms with Gasteiger partial charge in [0.15, 0.2) is 5.15 Å². The van der Waals surface area contributed by atoms with Gasteiger partial charge in [-0.3, -0.25) is 0 Å². The van der Waals surface area contributed by atoms with Crippen LogP contribution >= 0.6 is 23.1 Å². The molecule has 1 N–H and O–H groups in total. The van der Waals surface area contributed by atoms with Crippen LogP contribution in [0.2, 0.25) is 5.15 Å². The van der Waals surface area contributed by atoms with Crippen molar-refractivity contribution in [2.45, 2.75) is 32.7 Å². The number of anilines is 1. The van der Waals surface area contributed by atoms with Gasteiger partial charge in [0.2, 0.25) is 0 Å². The average molecular weight is 230 g/mol. The van der Waals surface area contributed by atoms with Crippen LogP contribution in [0.4, 0.5) is 5.00 Å². The molecule has 0 spiro atoms. The van der Waals surface area contributed by atoms with Crippen LogP contribution in [-0.4, -0.2) is 9.91 Å². The molecule has 1 rings (SSSR count). The zero-order chi connectivity index (χ0) is 10.8. The molecule has 0 fully saturated rings. The zero-order valence-electron chi connectivity index (χ0n) is 8.39. The predicted molar refractivity (Wildman–Crippen MR) is 59.8 cm³/mol. The summed E-state index contributed by atoms with van der Waals surface area (Å²) in [6, 6.07) is 2.04. The van der Waals surface area contributed by atoms with Crippen LogP contribution in [0.15, 0.2) is 0 Å². The molecule has 0 aliphatic rings. The van der Waals surface area contributed by atoms with Gasteiger partial charge in [-0.05, 0) is 31.8 Å². The van der Waals surface area contributed by atoms with E-state index >= 15 is 0 Å². The van der Waals surface area contributed by atoms with Crippen LogP contribution < -0.4 is 5.32 Å². The summed E-state index contributed by atoms with van der Waals surface area (Å²) in [5.74, 6) is 0. The molecule has 0 aliphatic heterocycles. The van der Waals surface area contributed by atoms with Gasteiger partial charge in [-0.25, -0.2) is 0 Å². The van der Waals surface area contributed by atoms with Crippen LogP contribution in [0.1, 0.15) is 32.8 Å². The van der Waals surface area contributed by atoms with Crippen molar-refractivity contribution in [1.82, 2.24) is 4.37 Å². The number of nitrogens with one attached hydrogen (secondary N) is 1. The molecule has 0 saturated carbocycles. The molecular formula is C9H12ClN3S. The van der Waals surface area contributed by atoms with Gasteiger partial charge in [-0.1, -0.05) is 18.5 Å². The summed E-state index contributed by atoms with van der Waals surface area (Å²) in [6.45, 7) is 6.23. The normalized spacial score (nSPS) is 11.1. The van der Waals surface area contributed by atoms with Crippen LogP contribution in [0.3, 0.4) is 0 Å². The second kappa shape index (κ2) is 4.16. The Kier molecular flexibility index (Phi) is 3.35. The summed E-state index contributed by atoms with van der Waals surface area (Å²) in [6.07, 6.45) is 0.966. The lowest BCUT2D eigenvalue weighted by Crippen LogP contribution is -2.29. The van der Waals surface area contributed by atoms with E-state index in [9.17, 15) is 0 Å². The molecule has 1 aromatic heterocycles. The van der Waals surface area contributed by atoms with Gasteiger partial charge < -0.3 is 5.32 Å². The molecule has 0 bridgehead atoms. The van der Waals surface area contributed by atoms with Gasteiger partial charge in [0.1, 0.15) is 16.6 Å². The molecule has 0 unspecified atom stereocenters. The third-order valence-corrected chi connectivity index (χ3v) is 3.23. The quantitative estimate of drug-likeness (QED) is 0.866. The number of aromatic nitrogens is 1. The third kappa shape index (κ3) is 2.37. The molecule has 0 atom stereocenters. The second-order valence-electron chi connectivity index (χ2n) is 3.65. The van der Waals surface area contributed by atoms with Crippen molar-refractivity contribution in [3.8, 4) is 6.07 Å². The van der Waals surface area contributed by atoms with Gasteiger partial charge in [0.25, 0.3) is 0 Å². The molecule has 76 valence electrons. The van der Waals surface area contributed by atoms with Gasteiger partial charge in [-0.15, -0.1) is 0 Å². The Labute approximate surface area is 92.9 Å². The van der Waals surface area contributed by atoms with Crippen molar-refractivity contribution < 1.29 is 0 Å². The van der Waals surface area contributed by atoms with E-state index in [1.165, 1.54) is 11.5 Å². The van der Waals surface area contributed by atoms with E-state index < -0.39 is 0 Å². The summed E-state index contributed by atoms with van der Waals surface area (Å²) in [7, 11) is 0. The fourth-order valence-electron chi connectivity index (χ4n) is 0.849. The first-order valence-corrected chi connectivity index (χ1v) is 5.48. The van der Waals surface area contributed by atoms with E-state index in [-0.39, 0.29) is 10.7 Å². The minimum absolute atomic E-state index is 0.0402. The highest BCUT2D eigenvalue weighted by molar-refractivity contribution is 7.10. The Morgan fingerprint density at radius 2 is 2.29 bits per heavy atom. The first kappa shape index (κ1) is 11.3. The Morgan fingerprint density at radius 3 is 2.79 bits per heavy atom. The van der Waals surface area contributed by atoms with E-state index in [0.29, 0.717) is 5.56 Å². The highest BCUT2D eigenvalue weighted by Crippen LogP contribution is 2.30. The number of hydrogen-bond donors (Lipinski definition) is 1. The molecule has 3 nitrogen and oxygen atoms in total. The molecule has 0 saturated heterocycles. The van der Waals surface area contributed by atoms with Gasteiger partial charge in [0, 0.05) is 5.54 Å². The zero-order valence-corrected chi connectivity index (χ0v) is 9.96. The van der Waals surface area contributed by atoms with E-state index in [2.05, 4.69) is 30.5 Å². The summed E-state index contributed by atoms with van der Waals surface area (Å²) < 4.78 is 3.93. The maximum Gasteiger partial charge on any atom is 0.162 e. The van der Waals surface area contributed by atoms with Crippen molar-refractivity contribution in [2.75, 3.05) is 5.32 Å². The van der Waals surface area contributed by atoms with E-state index in [0.717, 1.165) is 11.4 Å². The summed E-state index contributed by atoms with van der Waals surface area (Å²) in [5, 5.41) is 13.1. The van der Waals surface area contributed by atoms with Crippen LogP contribution in [0.25, 0.3) is 0 Å². The van der Waals surface area contributed by atoms with Crippen LogP contribution in [0, 0.1) is 11.3 Å². The molecule has 5 heteroatoms. The largest absolute Gasteiger partial charge is 0.370 e. The molecule has 0 radical (unpaired) electrons. The second-order valence-corrected chi connectivity index (χ2v) is 4.78. The maximum absolute atomic E-state index is 8.85. The van der Waals surface area contributed by atoms with Gasteiger partial charge >= 0.3 is 0 Å². The first-order valence-electron chi connectivity index (χ1n) is 4.33. The summed E-state index contributed by atoms with van der Waals surface area (Å²) in [4.78, 5) is 0. The molecule has 0 amide bonds. The topological polar surface area (TPSA) is 48.7 Å². The average Bonchev–Trinajstić information content (AvgIpc) is 2.46. The van der Waals surface area contributed by atoms with Crippen LogP contribution in [-0.2, 0) is 0 Å². The number of hydrogen-bond acceptors (Lipinski definition) is 4. The lowest BCUT2D eigenvalue weighted by Gasteiger charge is -2.24. The standard InChI is InChI=1S/C9H12ClN3S/c1-4-9(2,3)12-8-6(5-11)7(10)13-14-8/h12H,4H2,1-3H3. The Hall–Kier alpha value is -0.790. The molecular weight excluding hydrogens is 218 g/mol. The summed E-state index contributed by atoms with van der Waals surface area (Å²) >= 11 is 6.98. The predicted octanol–water partition coefficient (Wildman–Crippen LogP) is 3.27. The van der Waals surface area contributed by atoms with E-state index in [1.807, 2.05) is 6.07 Å². The number of nitriles is 1. The van der Waals surface area contributed by atoms with Crippen molar-refractivity contribution in [3.63, 3.8) is 0 Å². The summed E-state index contributed by atoms with van der Waals surface area (Å²) in [5.41, 5.74) is 0.403. The molecule has 0 aliphatic carbocycles. The molecule has 0 aromatic carbocycles. The van der Waals surface area contributed by atoms with Crippen molar-refractivity contribution in [2.24, 2.45) is 0 Å². The fourth-order valence-corrected chi connectivity index (χ4v) is 1.96. The Morgan fingerprint density at radius 1 is 1.64 bits per heavy atom. The number of halogens is 1. The van der Waals surface area contributed by atoms with Crippen molar-refractivity contribution in [1.29, 1.82) is 5.26 Å². The smallest absolute Gasteiger partial charge is 0.162 e. The number of nitrogens with zero attached hydrogens (tertiary/aromatic N) is 2. The Balaban J connectivity index is 2.93. The monoisotopic (exact) mass is 229 g/mol. The SMILES string of the molecule is CCC(C)(C)Nc1snc(Cl)c1C#N. The Bertz CT molecular complexity index is 365. The third-order valence-electron chi connectivity index (χ3n) is 2.10. The van der Waals surface area contributed by atoms with E-state index in [1.54, 1.807) is 0 Å². The van der Waals surface area contributed by atoms with Crippen molar-refractivity contribution in [3.05, 3.63) is 10.7 Å². The highest BCUT2D eigenvalue weighted by Gasteiger charge is 2.19. The van der Waals surface area contributed by atoms with Crippen LogP contribution in [0.5, 0.6) is 0 Å². The van der Waals surface area contributed by atoms with E-state index in [4.69, 9.17) is 16.9 Å². The maximum atomic E-state index is 8.85. The van der Waals surface area contributed by atoms with Gasteiger partial charge in [0.05, 0.1) is 0 Å². The van der Waals surface area contributed by atoms with Gasteiger partial charge in [-0.2, -0.15) is 9.64 Å². The lowest BCUT2D eigenvalue weighted by atomic mass is 10.0. The fraction of sp³-hybridized carbons (Fsp3) is 0.556. The first-order chi connectivity index (χ1) is 6.50. The molecule has 1 aromatic rings. The minimum atomic E-state index is -0.0402. The highest BCUT2D eigenvalue weighted by atomic mass is 35.5. The molecule has 1 heterocycles. The minimum Gasteiger partial charge on any atom is -0.370 e. The number of rotatable bonds is 3.